The molecule has 16 heavy (non-hydrogen) atoms. The maximum atomic E-state index is 11.3. The summed E-state index contributed by atoms with van der Waals surface area (Å²) in [7, 11) is -2.83. The summed E-state index contributed by atoms with van der Waals surface area (Å²) >= 11 is 0. The van der Waals surface area contributed by atoms with Gasteiger partial charge in [-0.15, -0.1) is 0 Å². The van der Waals surface area contributed by atoms with E-state index in [1.807, 2.05) is 6.92 Å². The van der Waals surface area contributed by atoms with Crippen molar-refractivity contribution in [1.82, 2.24) is 0 Å². The third kappa shape index (κ3) is 2.40. The van der Waals surface area contributed by atoms with Gasteiger partial charge >= 0.3 is 0 Å². The molecule has 2 saturated heterocycles. The third-order valence-electron chi connectivity index (χ3n) is 3.52. The number of hydrogen-bond acceptors (Lipinski definition) is 5. The maximum Gasteiger partial charge on any atom is 0.169 e. The summed E-state index contributed by atoms with van der Waals surface area (Å²) in [5, 5.41) is 0. The van der Waals surface area contributed by atoms with Gasteiger partial charge < -0.3 is 15.2 Å². The fourth-order valence-corrected chi connectivity index (χ4v) is 3.89. The minimum atomic E-state index is -2.83. The predicted molar refractivity (Wildman–Crippen MR) is 59.7 cm³/mol. The van der Waals surface area contributed by atoms with Crippen molar-refractivity contribution in [1.29, 1.82) is 0 Å². The van der Waals surface area contributed by atoms with Crippen LogP contribution in [-0.4, -0.2) is 45.0 Å². The summed E-state index contributed by atoms with van der Waals surface area (Å²) in [6.07, 6.45) is 1.19. The molecule has 94 valence electrons. The predicted octanol–water partition coefficient (Wildman–Crippen LogP) is -0.0985. The molecule has 6 heteroatoms. The molecule has 0 radical (unpaired) electrons. The van der Waals surface area contributed by atoms with Crippen molar-refractivity contribution < 1.29 is 17.9 Å². The second-order valence-corrected chi connectivity index (χ2v) is 7.03. The zero-order valence-electron chi connectivity index (χ0n) is 9.52. The normalized spacial score (nSPS) is 40.0. The minimum absolute atomic E-state index is 0.0523. The Morgan fingerprint density at radius 2 is 2.00 bits per heavy atom. The van der Waals surface area contributed by atoms with Crippen LogP contribution in [0.1, 0.15) is 19.8 Å². The van der Waals surface area contributed by atoms with Crippen LogP contribution >= 0.6 is 0 Å². The molecule has 0 aromatic heterocycles. The second kappa shape index (κ2) is 4.25. The van der Waals surface area contributed by atoms with E-state index in [9.17, 15) is 8.42 Å². The van der Waals surface area contributed by atoms with Crippen LogP contribution in [0.5, 0.6) is 0 Å². The molecule has 2 atom stereocenters. The number of hydrogen-bond donors (Lipinski definition) is 1. The van der Waals surface area contributed by atoms with Gasteiger partial charge in [-0.25, -0.2) is 8.42 Å². The topological polar surface area (TPSA) is 78.6 Å². The average molecular weight is 249 g/mol. The quantitative estimate of drug-likeness (QED) is 0.739. The minimum Gasteiger partial charge on any atom is -0.347 e. The largest absolute Gasteiger partial charge is 0.347 e. The van der Waals surface area contributed by atoms with Gasteiger partial charge in [0.1, 0.15) is 9.84 Å². The van der Waals surface area contributed by atoms with Gasteiger partial charge in [-0.2, -0.15) is 0 Å². The Hall–Kier alpha value is -0.170. The molecule has 0 saturated carbocycles. The summed E-state index contributed by atoms with van der Waals surface area (Å²) in [5.74, 6) is 0.00752. The maximum absolute atomic E-state index is 11.3. The van der Waals surface area contributed by atoms with Crippen LogP contribution in [0.3, 0.4) is 0 Å². The fraction of sp³-hybridized carbons (Fsp3) is 1.00. The first-order valence-electron chi connectivity index (χ1n) is 5.67. The lowest BCUT2D eigenvalue weighted by Crippen LogP contribution is -2.41. The Balaban J connectivity index is 1.99. The summed E-state index contributed by atoms with van der Waals surface area (Å²) in [6, 6.07) is 0. The number of sulfone groups is 1. The highest BCUT2D eigenvalue weighted by Gasteiger charge is 2.45. The standard InChI is InChI=1S/C10H19NO4S/c1-10(14-7-9(6-11)15-10)8-2-4-16(12,13)5-3-8/h8-9H,2-7,11H2,1H3. The molecular weight excluding hydrogens is 230 g/mol. The smallest absolute Gasteiger partial charge is 0.169 e. The Morgan fingerprint density at radius 3 is 2.50 bits per heavy atom. The zero-order valence-corrected chi connectivity index (χ0v) is 10.3. The lowest BCUT2D eigenvalue weighted by Gasteiger charge is -2.35. The molecule has 2 N–H and O–H groups in total. The van der Waals surface area contributed by atoms with E-state index >= 15 is 0 Å². The Morgan fingerprint density at radius 1 is 1.38 bits per heavy atom. The van der Waals surface area contributed by atoms with Gasteiger partial charge in [0.2, 0.25) is 0 Å². The van der Waals surface area contributed by atoms with Crippen LogP contribution in [0.2, 0.25) is 0 Å². The SMILES string of the molecule is CC1(C2CCS(=O)(=O)CC2)OCC(CN)O1. The van der Waals surface area contributed by atoms with E-state index in [2.05, 4.69) is 0 Å². The Labute approximate surface area is 96.2 Å². The molecule has 2 aliphatic rings. The van der Waals surface area contributed by atoms with Crippen molar-refractivity contribution >= 4 is 9.84 Å². The summed E-state index contributed by atoms with van der Waals surface area (Å²) < 4.78 is 34.1. The first kappa shape index (κ1) is 12.3. The van der Waals surface area contributed by atoms with Gasteiger partial charge in [0, 0.05) is 12.5 Å². The highest BCUT2D eigenvalue weighted by molar-refractivity contribution is 7.91. The van der Waals surface area contributed by atoms with E-state index in [-0.39, 0.29) is 23.5 Å². The molecular formula is C10H19NO4S. The van der Waals surface area contributed by atoms with Gasteiger partial charge in [0.15, 0.2) is 5.79 Å². The monoisotopic (exact) mass is 249 g/mol. The molecule has 0 aromatic rings. The van der Waals surface area contributed by atoms with Crippen molar-refractivity contribution in [3.05, 3.63) is 0 Å². The van der Waals surface area contributed by atoms with E-state index < -0.39 is 15.6 Å². The van der Waals surface area contributed by atoms with E-state index in [1.54, 1.807) is 0 Å². The van der Waals surface area contributed by atoms with Crippen LogP contribution in [0.25, 0.3) is 0 Å². The van der Waals surface area contributed by atoms with E-state index in [0.717, 1.165) is 0 Å². The van der Waals surface area contributed by atoms with Crippen LogP contribution in [0, 0.1) is 5.92 Å². The van der Waals surface area contributed by atoms with Crippen molar-refractivity contribution in [2.45, 2.75) is 31.7 Å². The number of rotatable bonds is 2. The van der Waals surface area contributed by atoms with Crippen LogP contribution < -0.4 is 5.73 Å². The molecule has 0 aliphatic carbocycles. The first-order valence-corrected chi connectivity index (χ1v) is 7.49. The molecule has 5 nitrogen and oxygen atoms in total. The number of nitrogens with two attached hydrogens (primary N) is 1. The molecule has 0 amide bonds. The van der Waals surface area contributed by atoms with Gasteiger partial charge in [0.25, 0.3) is 0 Å². The molecule has 0 bridgehead atoms. The fourth-order valence-electron chi connectivity index (χ4n) is 2.40. The third-order valence-corrected chi connectivity index (χ3v) is 5.23. The Kier molecular flexibility index (Phi) is 3.27. The Bertz CT molecular complexity index is 342. The molecule has 0 aromatic carbocycles. The highest BCUT2D eigenvalue weighted by Crippen LogP contribution is 2.37. The van der Waals surface area contributed by atoms with Crippen molar-refractivity contribution in [2.24, 2.45) is 11.7 Å². The van der Waals surface area contributed by atoms with E-state index in [1.165, 1.54) is 0 Å². The van der Waals surface area contributed by atoms with Crippen LogP contribution in [0.15, 0.2) is 0 Å². The summed E-state index contributed by atoms with van der Waals surface area (Å²) in [4.78, 5) is 0. The molecule has 2 fully saturated rings. The van der Waals surface area contributed by atoms with Gasteiger partial charge in [-0.05, 0) is 19.8 Å². The highest BCUT2D eigenvalue weighted by atomic mass is 32.2. The number of ether oxygens (including phenoxy) is 2. The summed E-state index contributed by atoms with van der Waals surface area (Å²) in [5.41, 5.74) is 5.53. The molecule has 2 unspecified atom stereocenters. The van der Waals surface area contributed by atoms with E-state index in [4.69, 9.17) is 15.2 Å². The summed E-state index contributed by atoms with van der Waals surface area (Å²) in [6.45, 7) is 2.85. The molecule has 0 spiro atoms. The molecule has 2 rings (SSSR count). The van der Waals surface area contributed by atoms with Crippen LogP contribution in [-0.2, 0) is 19.3 Å². The van der Waals surface area contributed by atoms with Crippen LogP contribution in [0.4, 0.5) is 0 Å². The van der Waals surface area contributed by atoms with Crippen molar-refractivity contribution in [3.8, 4) is 0 Å². The molecule has 2 aliphatic heterocycles. The first-order chi connectivity index (χ1) is 7.45. The average Bonchev–Trinajstić information content (AvgIpc) is 2.61. The zero-order chi connectivity index (χ0) is 11.8. The van der Waals surface area contributed by atoms with Crippen molar-refractivity contribution in [3.63, 3.8) is 0 Å². The second-order valence-electron chi connectivity index (χ2n) is 4.73. The van der Waals surface area contributed by atoms with Crippen molar-refractivity contribution in [2.75, 3.05) is 24.7 Å². The van der Waals surface area contributed by atoms with Gasteiger partial charge in [-0.1, -0.05) is 0 Å². The lowest BCUT2D eigenvalue weighted by atomic mass is 9.94. The molecule has 2 heterocycles. The lowest BCUT2D eigenvalue weighted by molar-refractivity contribution is -0.192. The van der Waals surface area contributed by atoms with E-state index in [0.29, 0.717) is 26.0 Å². The van der Waals surface area contributed by atoms with Gasteiger partial charge in [-0.3, -0.25) is 0 Å². The van der Waals surface area contributed by atoms with Gasteiger partial charge in [0.05, 0.1) is 24.2 Å².